The first kappa shape index (κ1) is 20.9. The smallest absolute Gasteiger partial charge is 0.270 e. The minimum atomic E-state index is -0.178. The summed E-state index contributed by atoms with van der Waals surface area (Å²) in [5.41, 5.74) is 1.24. The number of imidazole rings is 1. The standard InChI is InChI=1S/C16H15BrN6O.C6H5F/c17-11-3-5-18-13(9-11)16(24)20-12-4-7-22(10-12)15-2-1-14-19-6-8-23(14)21-15;7-6-4-2-1-3-5-6/h1-3,5-6,8-9,12H,4,7,10H2,(H,20,24);1-5H/t12-;/m0./s1. The number of carbonyl (C=O) groups is 1. The van der Waals surface area contributed by atoms with E-state index in [1.54, 1.807) is 47.2 Å². The molecule has 9 heteroatoms. The zero-order valence-corrected chi connectivity index (χ0v) is 18.1. The zero-order chi connectivity index (χ0) is 21.6. The zero-order valence-electron chi connectivity index (χ0n) is 16.5. The van der Waals surface area contributed by atoms with Crippen molar-refractivity contribution in [3.8, 4) is 0 Å². The Bertz CT molecular complexity index is 1170. The van der Waals surface area contributed by atoms with Gasteiger partial charge in [0.15, 0.2) is 5.65 Å². The van der Waals surface area contributed by atoms with Gasteiger partial charge in [-0.2, -0.15) is 0 Å². The molecule has 1 N–H and O–H groups in total. The van der Waals surface area contributed by atoms with E-state index < -0.39 is 0 Å². The van der Waals surface area contributed by atoms with E-state index in [0.717, 1.165) is 35.4 Å². The molecule has 158 valence electrons. The lowest BCUT2D eigenvalue weighted by Gasteiger charge is -2.17. The fourth-order valence-electron chi connectivity index (χ4n) is 3.26. The molecule has 0 spiro atoms. The molecule has 3 aromatic heterocycles. The number of amides is 1. The highest BCUT2D eigenvalue weighted by Crippen LogP contribution is 2.19. The Labute approximate surface area is 187 Å². The molecule has 1 aromatic carbocycles. The number of anilines is 1. The number of benzene rings is 1. The third-order valence-electron chi connectivity index (χ3n) is 4.78. The summed E-state index contributed by atoms with van der Waals surface area (Å²) in [6.45, 7) is 1.58. The van der Waals surface area contributed by atoms with Crippen LogP contribution in [0.25, 0.3) is 5.65 Å². The molecular formula is C22H20BrFN6O. The normalized spacial score (nSPS) is 15.4. The molecule has 31 heavy (non-hydrogen) atoms. The molecule has 1 aliphatic heterocycles. The Hall–Kier alpha value is -3.33. The maximum absolute atomic E-state index is 12.3. The fourth-order valence-corrected chi connectivity index (χ4v) is 3.60. The Kier molecular flexibility index (Phi) is 6.51. The van der Waals surface area contributed by atoms with Gasteiger partial charge in [0.2, 0.25) is 0 Å². The van der Waals surface area contributed by atoms with Crippen LogP contribution in [0.4, 0.5) is 10.2 Å². The average Bonchev–Trinajstić information content (AvgIpc) is 3.43. The SMILES string of the molecule is Fc1ccccc1.O=C(N[C@H]1CCN(c2ccc3nccn3n2)C1)c1cc(Br)ccn1. The van der Waals surface area contributed by atoms with E-state index in [9.17, 15) is 9.18 Å². The Morgan fingerprint density at radius 2 is 1.94 bits per heavy atom. The van der Waals surface area contributed by atoms with Crippen LogP contribution < -0.4 is 10.2 Å². The van der Waals surface area contributed by atoms with E-state index >= 15 is 0 Å². The summed E-state index contributed by atoms with van der Waals surface area (Å²) in [5, 5.41) is 7.59. The van der Waals surface area contributed by atoms with Crippen molar-refractivity contribution in [2.45, 2.75) is 12.5 Å². The maximum atomic E-state index is 12.3. The number of hydrogen-bond donors (Lipinski definition) is 1. The van der Waals surface area contributed by atoms with Gasteiger partial charge < -0.3 is 10.2 Å². The van der Waals surface area contributed by atoms with Crippen LogP contribution in [-0.2, 0) is 0 Å². The molecule has 1 fully saturated rings. The summed E-state index contributed by atoms with van der Waals surface area (Å²) in [6.07, 6.45) is 6.05. The highest BCUT2D eigenvalue weighted by Gasteiger charge is 2.25. The number of rotatable bonds is 3. The van der Waals surface area contributed by atoms with Crippen LogP contribution >= 0.6 is 15.9 Å². The minimum absolute atomic E-state index is 0.0820. The first-order chi connectivity index (χ1) is 15.1. The molecule has 7 nitrogen and oxygen atoms in total. The average molecular weight is 483 g/mol. The van der Waals surface area contributed by atoms with Crippen LogP contribution in [0.1, 0.15) is 16.9 Å². The van der Waals surface area contributed by atoms with Crippen molar-refractivity contribution < 1.29 is 9.18 Å². The summed E-state index contributed by atoms with van der Waals surface area (Å²) in [7, 11) is 0. The van der Waals surface area contributed by atoms with Crippen molar-refractivity contribution in [3.05, 3.63) is 89.2 Å². The molecule has 1 atom stereocenters. The van der Waals surface area contributed by atoms with Crippen LogP contribution in [-0.4, -0.2) is 44.6 Å². The van der Waals surface area contributed by atoms with Crippen LogP contribution in [0.15, 0.2) is 77.7 Å². The molecule has 0 aliphatic carbocycles. The van der Waals surface area contributed by atoms with Crippen molar-refractivity contribution in [1.29, 1.82) is 0 Å². The van der Waals surface area contributed by atoms with E-state index in [-0.39, 0.29) is 17.8 Å². The molecule has 1 aliphatic rings. The lowest BCUT2D eigenvalue weighted by molar-refractivity contribution is 0.0935. The van der Waals surface area contributed by atoms with Gasteiger partial charge >= 0.3 is 0 Å². The minimum Gasteiger partial charge on any atom is -0.353 e. The molecule has 4 aromatic rings. The van der Waals surface area contributed by atoms with Gasteiger partial charge in [0.25, 0.3) is 5.91 Å². The number of halogens is 2. The lowest BCUT2D eigenvalue weighted by Crippen LogP contribution is -2.37. The van der Waals surface area contributed by atoms with E-state index in [2.05, 4.69) is 41.2 Å². The van der Waals surface area contributed by atoms with Crippen molar-refractivity contribution in [2.75, 3.05) is 18.0 Å². The molecule has 1 amide bonds. The Morgan fingerprint density at radius 3 is 2.68 bits per heavy atom. The number of fused-ring (bicyclic) bond motifs is 1. The highest BCUT2D eigenvalue weighted by molar-refractivity contribution is 9.10. The monoisotopic (exact) mass is 482 g/mol. The second-order valence-corrected chi connectivity index (χ2v) is 7.90. The number of nitrogens with zero attached hydrogens (tertiary/aromatic N) is 5. The Balaban J connectivity index is 0.000000282. The van der Waals surface area contributed by atoms with E-state index in [4.69, 9.17) is 0 Å². The lowest BCUT2D eigenvalue weighted by atomic mass is 10.2. The van der Waals surface area contributed by atoms with E-state index in [1.165, 1.54) is 12.1 Å². The van der Waals surface area contributed by atoms with Gasteiger partial charge in [-0.15, -0.1) is 5.10 Å². The summed E-state index contributed by atoms with van der Waals surface area (Å²) in [4.78, 5) is 22.8. The van der Waals surface area contributed by atoms with Gasteiger partial charge in [-0.1, -0.05) is 34.1 Å². The first-order valence-electron chi connectivity index (χ1n) is 9.77. The van der Waals surface area contributed by atoms with Crippen LogP contribution in [0.5, 0.6) is 0 Å². The molecule has 0 bridgehead atoms. The van der Waals surface area contributed by atoms with Crippen molar-refractivity contribution in [1.82, 2.24) is 24.9 Å². The van der Waals surface area contributed by atoms with Gasteiger partial charge in [0.05, 0.1) is 0 Å². The van der Waals surface area contributed by atoms with Crippen molar-refractivity contribution >= 4 is 33.3 Å². The molecule has 4 heterocycles. The second-order valence-electron chi connectivity index (χ2n) is 6.98. The number of pyridine rings is 1. The summed E-state index contributed by atoms with van der Waals surface area (Å²) in [5.74, 6) is 0.557. The molecule has 1 saturated heterocycles. The molecule has 0 radical (unpaired) electrons. The van der Waals surface area contributed by atoms with Gasteiger partial charge in [-0.3, -0.25) is 9.78 Å². The van der Waals surface area contributed by atoms with E-state index in [0.29, 0.717) is 5.69 Å². The van der Waals surface area contributed by atoms with Gasteiger partial charge in [0, 0.05) is 42.2 Å². The largest absolute Gasteiger partial charge is 0.353 e. The number of carbonyl (C=O) groups excluding carboxylic acids is 1. The van der Waals surface area contributed by atoms with Crippen molar-refractivity contribution in [2.24, 2.45) is 0 Å². The van der Waals surface area contributed by atoms with Crippen LogP contribution in [0.3, 0.4) is 0 Å². The van der Waals surface area contributed by atoms with Gasteiger partial charge in [-0.05, 0) is 42.8 Å². The number of hydrogen-bond acceptors (Lipinski definition) is 5. The first-order valence-corrected chi connectivity index (χ1v) is 10.6. The van der Waals surface area contributed by atoms with Crippen LogP contribution in [0, 0.1) is 5.82 Å². The fraction of sp³-hybridized carbons (Fsp3) is 0.182. The van der Waals surface area contributed by atoms with Gasteiger partial charge in [0.1, 0.15) is 17.3 Å². The number of nitrogens with one attached hydrogen (secondary N) is 1. The third-order valence-corrected chi connectivity index (χ3v) is 5.27. The summed E-state index contributed by atoms with van der Waals surface area (Å²) >= 11 is 3.36. The second kappa shape index (κ2) is 9.65. The summed E-state index contributed by atoms with van der Waals surface area (Å²) in [6, 6.07) is 15.4. The topological polar surface area (TPSA) is 75.4 Å². The predicted molar refractivity (Wildman–Crippen MR) is 119 cm³/mol. The number of aromatic nitrogens is 4. The van der Waals surface area contributed by atoms with Crippen molar-refractivity contribution in [3.63, 3.8) is 0 Å². The Morgan fingerprint density at radius 1 is 1.10 bits per heavy atom. The predicted octanol–water partition coefficient (Wildman–Crippen LogP) is 3.72. The molecule has 0 unspecified atom stereocenters. The van der Waals surface area contributed by atoms with E-state index in [1.807, 2.05) is 18.3 Å². The highest BCUT2D eigenvalue weighted by atomic mass is 79.9. The maximum Gasteiger partial charge on any atom is 0.270 e. The quantitative estimate of drug-likeness (QED) is 0.481. The summed E-state index contributed by atoms with van der Waals surface area (Å²) < 4.78 is 14.5. The third kappa shape index (κ3) is 5.43. The van der Waals surface area contributed by atoms with Crippen LogP contribution in [0.2, 0.25) is 0 Å². The molecular weight excluding hydrogens is 463 g/mol. The van der Waals surface area contributed by atoms with Gasteiger partial charge in [-0.25, -0.2) is 13.9 Å². The molecule has 0 saturated carbocycles. The molecule has 5 rings (SSSR count).